The van der Waals surface area contributed by atoms with Crippen molar-refractivity contribution in [3.63, 3.8) is 0 Å². The third-order valence-corrected chi connectivity index (χ3v) is 2.99. The second kappa shape index (κ2) is 7.26. The molecule has 0 radical (unpaired) electrons. The van der Waals surface area contributed by atoms with Gasteiger partial charge in [0.1, 0.15) is 29.4 Å². The molecule has 0 atom stereocenters. The molecule has 7 heteroatoms. The first-order valence-electron chi connectivity index (χ1n) is 6.60. The van der Waals surface area contributed by atoms with Crippen molar-refractivity contribution in [1.82, 2.24) is 0 Å². The molecule has 6 nitrogen and oxygen atoms in total. The SMILES string of the molecule is COc1ccc(F)c(C(=O)O)c1NC(=O)OCc1ccccc1. The summed E-state index contributed by atoms with van der Waals surface area (Å²) < 4.78 is 23.6. The molecule has 2 aromatic carbocycles. The summed E-state index contributed by atoms with van der Waals surface area (Å²) in [6.45, 7) is -0.00723. The van der Waals surface area contributed by atoms with Crippen molar-refractivity contribution in [3.8, 4) is 5.75 Å². The summed E-state index contributed by atoms with van der Waals surface area (Å²) in [6.07, 6.45) is -0.916. The molecular formula is C16H14FNO5. The summed E-state index contributed by atoms with van der Waals surface area (Å²) in [4.78, 5) is 23.0. The summed E-state index contributed by atoms with van der Waals surface area (Å²) in [5, 5.41) is 11.3. The number of carboxylic acid groups (broad SMARTS) is 1. The van der Waals surface area contributed by atoms with Gasteiger partial charge in [0.2, 0.25) is 0 Å². The number of hydrogen-bond acceptors (Lipinski definition) is 4. The number of aromatic carboxylic acids is 1. The van der Waals surface area contributed by atoms with Crippen molar-refractivity contribution in [2.45, 2.75) is 6.61 Å². The van der Waals surface area contributed by atoms with Crippen LogP contribution in [-0.4, -0.2) is 24.3 Å². The van der Waals surface area contributed by atoms with Crippen LogP contribution in [-0.2, 0) is 11.3 Å². The number of carbonyl (C=O) groups is 2. The molecule has 0 aliphatic carbocycles. The zero-order valence-corrected chi connectivity index (χ0v) is 12.2. The highest BCUT2D eigenvalue weighted by atomic mass is 19.1. The molecule has 0 aliphatic heterocycles. The normalized spacial score (nSPS) is 10.0. The molecule has 0 aromatic heterocycles. The van der Waals surface area contributed by atoms with Gasteiger partial charge < -0.3 is 14.6 Å². The van der Waals surface area contributed by atoms with E-state index >= 15 is 0 Å². The van der Waals surface area contributed by atoms with Gasteiger partial charge in [-0.15, -0.1) is 0 Å². The molecular weight excluding hydrogens is 305 g/mol. The molecule has 2 aromatic rings. The van der Waals surface area contributed by atoms with Crippen LogP contribution in [0.2, 0.25) is 0 Å². The highest BCUT2D eigenvalue weighted by Gasteiger charge is 2.22. The maximum Gasteiger partial charge on any atom is 0.412 e. The Morgan fingerprint density at radius 3 is 2.48 bits per heavy atom. The molecule has 2 rings (SSSR count). The average molecular weight is 319 g/mol. The van der Waals surface area contributed by atoms with Gasteiger partial charge in [-0.25, -0.2) is 14.0 Å². The monoisotopic (exact) mass is 319 g/mol. The second-order valence-corrected chi connectivity index (χ2v) is 4.49. The first-order valence-corrected chi connectivity index (χ1v) is 6.60. The Morgan fingerprint density at radius 1 is 1.17 bits per heavy atom. The van der Waals surface area contributed by atoms with E-state index in [1.807, 2.05) is 6.07 Å². The quantitative estimate of drug-likeness (QED) is 0.883. The second-order valence-electron chi connectivity index (χ2n) is 4.49. The van der Waals surface area contributed by atoms with E-state index in [0.717, 1.165) is 11.6 Å². The molecule has 0 unspecified atom stereocenters. The Bertz CT molecular complexity index is 718. The van der Waals surface area contributed by atoms with Gasteiger partial charge in [-0.2, -0.15) is 0 Å². The predicted molar refractivity (Wildman–Crippen MR) is 80.2 cm³/mol. The zero-order chi connectivity index (χ0) is 16.8. The minimum absolute atomic E-state index is 0.00723. The largest absolute Gasteiger partial charge is 0.495 e. The standard InChI is InChI=1S/C16H14FNO5/c1-22-12-8-7-11(17)13(15(19)20)14(12)18-16(21)23-9-10-5-3-2-4-6-10/h2-8H,9H2,1H3,(H,18,21)(H,19,20). The van der Waals surface area contributed by atoms with Crippen molar-refractivity contribution in [2.24, 2.45) is 0 Å². The fourth-order valence-electron chi connectivity index (χ4n) is 1.92. The Hall–Kier alpha value is -3.09. The number of carbonyl (C=O) groups excluding carboxylic acids is 1. The number of rotatable bonds is 5. The van der Waals surface area contributed by atoms with Crippen LogP contribution >= 0.6 is 0 Å². The third-order valence-electron chi connectivity index (χ3n) is 2.99. The highest BCUT2D eigenvalue weighted by molar-refractivity contribution is 6.01. The van der Waals surface area contributed by atoms with E-state index in [1.165, 1.54) is 13.2 Å². The molecule has 0 saturated heterocycles. The predicted octanol–water partition coefficient (Wildman–Crippen LogP) is 3.28. The van der Waals surface area contributed by atoms with Crippen LogP contribution < -0.4 is 10.1 Å². The van der Waals surface area contributed by atoms with E-state index in [2.05, 4.69) is 5.32 Å². The molecule has 0 fully saturated rings. The number of methoxy groups -OCH3 is 1. The Labute approximate surface area is 131 Å². The summed E-state index contributed by atoms with van der Waals surface area (Å²) in [6, 6.07) is 11.1. The molecule has 0 bridgehead atoms. The van der Waals surface area contributed by atoms with Crippen molar-refractivity contribution < 1.29 is 28.6 Å². The lowest BCUT2D eigenvalue weighted by molar-refractivity contribution is 0.0692. The van der Waals surface area contributed by atoms with Crippen LogP contribution in [0.5, 0.6) is 5.75 Å². The Kier molecular flexibility index (Phi) is 5.14. The highest BCUT2D eigenvalue weighted by Crippen LogP contribution is 2.30. The van der Waals surface area contributed by atoms with Crippen molar-refractivity contribution in [1.29, 1.82) is 0 Å². The van der Waals surface area contributed by atoms with Crippen LogP contribution in [0.4, 0.5) is 14.9 Å². The average Bonchev–Trinajstić information content (AvgIpc) is 2.54. The van der Waals surface area contributed by atoms with E-state index < -0.39 is 23.4 Å². The maximum absolute atomic E-state index is 13.7. The first-order chi connectivity index (χ1) is 11.0. The number of anilines is 1. The number of benzene rings is 2. The van der Waals surface area contributed by atoms with Crippen LogP contribution in [0.15, 0.2) is 42.5 Å². The van der Waals surface area contributed by atoms with Crippen LogP contribution in [0, 0.1) is 5.82 Å². The van der Waals surface area contributed by atoms with Crippen molar-refractivity contribution in [2.75, 3.05) is 12.4 Å². The molecule has 0 saturated carbocycles. The smallest absolute Gasteiger partial charge is 0.412 e. The van der Waals surface area contributed by atoms with Gasteiger partial charge >= 0.3 is 12.1 Å². The van der Waals surface area contributed by atoms with Gasteiger partial charge in [0, 0.05) is 0 Å². The Morgan fingerprint density at radius 2 is 1.87 bits per heavy atom. The molecule has 0 spiro atoms. The number of carboxylic acids is 1. The summed E-state index contributed by atoms with van der Waals surface area (Å²) in [5.74, 6) is -2.50. The van der Waals surface area contributed by atoms with Gasteiger partial charge in [-0.1, -0.05) is 30.3 Å². The molecule has 23 heavy (non-hydrogen) atoms. The van der Waals surface area contributed by atoms with Gasteiger partial charge in [0.05, 0.1) is 7.11 Å². The Balaban J connectivity index is 2.16. The number of nitrogens with one attached hydrogen (secondary N) is 1. The number of hydrogen-bond donors (Lipinski definition) is 2. The van der Waals surface area contributed by atoms with E-state index in [-0.39, 0.29) is 18.0 Å². The van der Waals surface area contributed by atoms with Crippen molar-refractivity contribution in [3.05, 3.63) is 59.4 Å². The lowest BCUT2D eigenvalue weighted by atomic mass is 10.1. The fraction of sp³-hybridized carbons (Fsp3) is 0.125. The van der Waals surface area contributed by atoms with Crippen LogP contribution in [0.25, 0.3) is 0 Å². The van der Waals surface area contributed by atoms with E-state index in [1.54, 1.807) is 24.3 Å². The van der Waals surface area contributed by atoms with Gasteiger partial charge in [0.25, 0.3) is 0 Å². The molecule has 0 heterocycles. The third kappa shape index (κ3) is 3.97. The lowest BCUT2D eigenvalue weighted by Crippen LogP contribution is -2.17. The minimum atomic E-state index is -1.53. The molecule has 0 aliphatic rings. The summed E-state index contributed by atoms with van der Waals surface area (Å²) in [7, 11) is 1.28. The molecule has 120 valence electrons. The van der Waals surface area contributed by atoms with Crippen molar-refractivity contribution >= 4 is 17.7 Å². The number of halogens is 1. The summed E-state index contributed by atoms with van der Waals surface area (Å²) >= 11 is 0. The van der Waals surface area contributed by atoms with E-state index in [0.29, 0.717) is 0 Å². The zero-order valence-electron chi connectivity index (χ0n) is 12.2. The number of ether oxygens (including phenoxy) is 2. The fourth-order valence-corrected chi connectivity index (χ4v) is 1.92. The minimum Gasteiger partial charge on any atom is -0.495 e. The number of amides is 1. The van der Waals surface area contributed by atoms with Crippen LogP contribution in [0.3, 0.4) is 0 Å². The maximum atomic E-state index is 13.7. The first kappa shape index (κ1) is 16.3. The summed E-state index contributed by atoms with van der Waals surface area (Å²) in [5.41, 5.74) is -0.230. The molecule has 1 amide bonds. The van der Waals surface area contributed by atoms with Gasteiger partial charge in [-0.05, 0) is 17.7 Å². The van der Waals surface area contributed by atoms with E-state index in [4.69, 9.17) is 14.6 Å². The lowest BCUT2D eigenvalue weighted by Gasteiger charge is -2.13. The topological polar surface area (TPSA) is 84.9 Å². The molecule has 2 N–H and O–H groups in total. The van der Waals surface area contributed by atoms with Gasteiger partial charge in [-0.3, -0.25) is 5.32 Å². The van der Waals surface area contributed by atoms with E-state index in [9.17, 15) is 14.0 Å². The van der Waals surface area contributed by atoms with Crippen LogP contribution in [0.1, 0.15) is 15.9 Å². The van der Waals surface area contributed by atoms with Gasteiger partial charge in [0.15, 0.2) is 0 Å².